The number of benzene rings is 3. The van der Waals surface area contributed by atoms with Crippen LogP contribution in [0, 0.1) is 0 Å². The van der Waals surface area contributed by atoms with Gasteiger partial charge < -0.3 is 14.9 Å². The summed E-state index contributed by atoms with van der Waals surface area (Å²) in [5, 5.41) is 26.5. The number of aromatic carboxylic acids is 1. The van der Waals surface area contributed by atoms with Crippen molar-refractivity contribution in [2.24, 2.45) is 0 Å². The number of aromatic amines is 1. The number of thioether (sulfide) groups is 1. The third-order valence-electron chi connectivity index (χ3n) is 4.80. The van der Waals surface area contributed by atoms with Crippen LogP contribution in [0.1, 0.15) is 21.5 Å². The Morgan fingerprint density at radius 3 is 2.40 bits per heavy atom. The highest BCUT2D eigenvalue weighted by atomic mass is 35.5. The number of hydrogen-bond donors (Lipinski definition) is 3. The van der Waals surface area contributed by atoms with Crippen LogP contribution in [0.25, 0.3) is 17.5 Å². The van der Waals surface area contributed by atoms with Gasteiger partial charge in [0.15, 0.2) is 5.82 Å². The molecule has 0 aliphatic rings. The summed E-state index contributed by atoms with van der Waals surface area (Å²) in [6.45, 7) is 0.186. The monoisotopic (exact) mass is 507 g/mol. The van der Waals surface area contributed by atoms with Crippen LogP contribution in [0.2, 0.25) is 5.02 Å². The average Bonchev–Trinajstić information content (AvgIpc) is 3.32. The summed E-state index contributed by atoms with van der Waals surface area (Å²) in [7, 11) is 0. The first-order valence-corrected chi connectivity index (χ1v) is 11.4. The molecule has 0 aliphatic heterocycles. The standard InChI is InChI=1S/C25H18ClN3O5S/c26-19-11-9-16(10-12-19)22-27-25(29-28-22)35-21(24(32)33)13-18-3-1-2-4-20(18)34-14-15-5-7-17(8-6-15)23(30)31/h1-13H,14H2,(H,30,31)(H,32,33)(H,27,28,29)/b21-13-. The Morgan fingerprint density at radius 2 is 1.71 bits per heavy atom. The molecule has 0 unspecified atom stereocenters. The molecule has 0 spiro atoms. The zero-order valence-electron chi connectivity index (χ0n) is 18.0. The molecule has 4 aromatic rings. The lowest BCUT2D eigenvalue weighted by molar-refractivity contribution is -0.131. The lowest BCUT2D eigenvalue weighted by Gasteiger charge is -2.10. The van der Waals surface area contributed by atoms with Crippen molar-refractivity contribution in [2.75, 3.05) is 0 Å². The molecule has 0 aliphatic carbocycles. The second kappa shape index (κ2) is 10.9. The van der Waals surface area contributed by atoms with Gasteiger partial charge in [0.05, 0.1) is 5.56 Å². The van der Waals surface area contributed by atoms with Crippen molar-refractivity contribution < 1.29 is 24.5 Å². The number of rotatable bonds is 9. The number of nitrogens with one attached hydrogen (secondary N) is 1. The molecule has 4 rings (SSSR count). The maximum atomic E-state index is 11.9. The van der Waals surface area contributed by atoms with Crippen molar-refractivity contribution in [2.45, 2.75) is 11.8 Å². The number of nitrogens with zero attached hydrogens (tertiary/aromatic N) is 2. The van der Waals surface area contributed by atoms with Crippen molar-refractivity contribution in [1.29, 1.82) is 0 Å². The highest BCUT2D eigenvalue weighted by molar-refractivity contribution is 8.04. The Kier molecular flexibility index (Phi) is 7.49. The lowest BCUT2D eigenvalue weighted by atomic mass is 10.1. The Hall–Kier alpha value is -4.08. The molecular formula is C25H18ClN3O5S. The van der Waals surface area contributed by atoms with Crippen LogP contribution in [-0.2, 0) is 11.4 Å². The molecule has 0 amide bonds. The normalized spacial score (nSPS) is 11.3. The van der Waals surface area contributed by atoms with E-state index in [4.69, 9.17) is 21.4 Å². The molecule has 176 valence electrons. The van der Waals surface area contributed by atoms with Crippen molar-refractivity contribution in [3.63, 3.8) is 0 Å². The summed E-state index contributed by atoms with van der Waals surface area (Å²) in [5.74, 6) is -1.16. The van der Waals surface area contributed by atoms with Gasteiger partial charge in [-0.25, -0.2) is 14.6 Å². The van der Waals surface area contributed by atoms with E-state index < -0.39 is 11.9 Å². The third kappa shape index (κ3) is 6.28. The Labute approximate surface area is 209 Å². The minimum atomic E-state index is -1.13. The average molecular weight is 508 g/mol. The summed E-state index contributed by atoms with van der Waals surface area (Å²) in [5.41, 5.74) is 2.29. The van der Waals surface area contributed by atoms with Crippen LogP contribution >= 0.6 is 23.4 Å². The largest absolute Gasteiger partial charge is 0.488 e. The number of aliphatic carboxylic acids is 1. The van der Waals surface area contributed by atoms with E-state index in [0.717, 1.165) is 22.9 Å². The fourth-order valence-corrected chi connectivity index (χ4v) is 3.86. The third-order valence-corrected chi connectivity index (χ3v) is 5.92. The molecule has 3 aromatic carbocycles. The maximum absolute atomic E-state index is 11.9. The zero-order valence-corrected chi connectivity index (χ0v) is 19.6. The first kappa shape index (κ1) is 24.1. The van der Waals surface area contributed by atoms with Crippen molar-refractivity contribution >= 4 is 41.4 Å². The summed E-state index contributed by atoms with van der Waals surface area (Å²) in [6, 6.07) is 20.4. The molecule has 0 radical (unpaired) electrons. The van der Waals surface area contributed by atoms with E-state index in [1.165, 1.54) is 18.2 Å². The number of carboxylic acids is 2. The Bertz CT molecular complexity index is 1380. The van der Waals surface area contributed by atoms with Gasteiger partial charge >= 0.3 is 11.9 Å². The molecule has 0 atom stereocenters. The topological polar surface area (TPSA) is 125 Å². The lowest BCUT2D eigenvalue weighted by Crippen LogP contribution is -2.01. The van der Waals surface area contributed by atoms with Crippen molar-refractivity contribution in [3.05, 3.63) is 99.4 Å². The predicted octanol–water partition coefficient (Wildman–Crippen LogP) is 5.62. The summed E-state index contributed by atoms with van der Waals surface area (Å²) < 4.78 is 5.88. The van der Waals surface area contributed by atoms with E-state index in [1.54, 1.807) is 60.7 Å². The summed E-state index contributed by atoms with van der Waals surface area (Å²) in [6.07, 6.45) is 1.49. The van der Waals surface area contributed by atoms with E-state index in [2.05, 4.69) is 15.2 Å². The molecule has 0 fully saturated rings. The van der Waals surface area contributed by atoms with Crippen LogP contribution < -0.4 is 4.74 Å². The number of H-pyrrole nitrogens is 1. The first-order chi connectivity index (χ1) is 16.9. The second-order valence-electron chi connectivity index (χ2n) is 7.22. The summed E-state index contributed by atoms with van der Waals surface area (Å²) in [4.78, 5) is 27.3. The number of hydrogen-bond acceptors (Lipinski definition) is 6. The molecule has 1 aromatic heterocycles. The molecule has 0 saturated heterocycles. The fourth-order valence-electron chi connectivity index (χ4n) is 3.04. The fraction of sp³-hybridized carbons (Fsp3) is 0.0400. The van der Waals surface area contributed by atoms with Gasteiger partial charge in [0.25, 0.3) is 0 Å². The van der Waals surface area contributed by atoms with Gasteiger partial charge in [-0.3, -0.25) is 5.10 Å². The van der Waals surface area contributed by atoms with Gasteiger partial charge in [-0.15, -0.1) is 5.10 Å². The van der Waals surface area contributed by atoms with Gasteiger partial charge in [-0.2, -0.15) is 0 Å². The number of ether oxygens (including phenoxy) is 1. The van der Waals surface area contributed by atoms with Crippen molar-refractivity contribution in [1.82, 2.24) is 15.2 Å². The number of carbonyl (C=O) groups is 2. The van der Waals surface area contributed by atoms with E-state index in [0.29, 0.717) is 22.2 Å². The van der Waals surface area contributed by atoms with E-state index >= 15 is 0 Å². The molecule has 8 nitrogen and oxygen atoms in total. The van der Waals surface area contributed by atoms with Gasteiger partial charge in [-0.1, -0.05) is 41.9 Å². The van der Waals surface area contributed by atoms with Crippen LogP contribution in [0.15, 0.2) is 82.9 Å². The molecule has 35 heavy (non-hydrogen) atoms. The quantitative estimate of drug-likeness (QED) is 0.197. The van der Waals surface area contributed by atoms with Crippen LogP contribution in [0.5, 0.6) is 5.75 Å². The van der Waals surface area contributed by atoms with E-state index in [-0.39, 0.29) is 22.2 Å². The smallest absolute Gasteiger partial charge is 0.342 e. The van der Waals surface area contributed by atoms with Crippen LogP contribution in [0.4, 0.5) is 0 Å². The Balaban J connectivity index is 1.51. The van der Waals surface area contributed by atoms with Crippen LogP contribution in [0.3, 0.4) is 0 Å². The highest BCUT2D eigenvalue weighted by Gasteiger charge is 2.16. The molecule has 3 N–H and O–H groups in total. The maximum Gasteiger partial charge on any atom is 0.342 e. The molecule has 10 heteroatoms. The minimum Gasteiger partial charge on any atom is -0.488 e. The van der Waals surface area contributed by atoms with Crippen molar-refractivity contribution in [3.8, 4) is 17.1 Å². The van der Waals surface area contributed by atoms with Gasteiger partial charge in [0, 0.05) is 16.1 Å². The molecular weight excluding hydrogens is 490 g/mol. The minimum absolute atomic E-state index is 0.00789. The molecule has 1 heterocycles. The number of para-hydroxylation sites is 1. The zero-order chi connectivity index (χ0) is 24.8. The first-order valence-electron chi connectivity index (χ1n) is 10.2. The predicted molar refractivity (Wildman–Crippen MR) is 132 cm³/mol. The number of halogens is 1. The molecule has 0 bridgehead atoms. The number of aromatic nitrogens is 3. The SMILES string of the molecule is O=C(O)/C(=C/c1ccccc1OCc1ccc(C(=O)O)cc1)Sc1n[nH]c(-c2ccc(Cl)cc2)n1. The van der Waals surface area contributed by atoms with E-state index in [9.17, 15) is 14.7 Å². The molecule has 0 saturated carbocycles. The highest BCUT2D eigenvalue weighted by Crippen LogP contribution is 2.30. The Morgan fingerprint density at radius 1 is 1.00 bits per heavy atom. The summed E-state index contributed by atoms with van der Waals surface area (Å²) >= 11 is 6.83. The number of carboxylic acid groups (broad SMARTS) is 2. The van der Waals surface area contributed by atoms with E-state index in [1.807, 2.05) is 0 Å². The van der Waals surface area contributed by atoms with Gasteiger partial charge in [0.1, 0.15) is 17.3 Å². The van der Waals surface area contributed by atoms with Gasteiger partial charge in [0.2, 0.25) is 5.16 Å². The second-order valence-corrected chi connectivity index (χ2v) is 8.66. The van der Waals surface area contributed by atoms with Crippen LogP contribution in [-0.4, -0.2) is 37.3 Å². The van der Waals surface area contributed by atoms with Gasteiger partial charge in [-0.05, 0) is 65.9 Å².